The Balaban J connectivity index is 1.66. The van der Waals surface area contributed by atoms with Gasteiger partial charge in [-0.15, -0.1) is 0 Å². The van der Waals surface area contributed by atoms with E-state index in [0.717, 1.165) is 38.0 Å². The Morgan fingerprint density at radius 2 is 1.70 bits per heavy atom. The maximum atomic E-state index is 12.1. The Morgan fingerprint density at radius 1 is 1.07 bits per heavy atom. The van der Waals surface area contributed by atoms with Crippen molar-refractivity contribution in [1.82, 2.24) is 4.90 Å². The van der Waals surface area contributed by atoms with Gasteiger partial charge in [0.15, 0.2) is 0 Å². The van der Waals surface area contributed by atoms with Crippen LogP contribution in [0.5, 0.6) is 0 Å². The van der Waals surface area contributed by atoms with E-state index in [1.807, 2.05) is 13.2 Å². The predicted octanol–water partition coefficient (Wildman–Crippen LogP) is 4.98. The third-order valence-electron chi connectivity index (χ3n) is 5.72. The molecule has 1 aliphatic rings. The average molecular weight is 408 g/mol. The number of aryl methyl sites for hydroxylation is 2. The van der Waals surface area contributed by atoms with Crippen molar-refractivity contribution in [3.63, 3.8) is 0 Å². The van der Waals surface area contributed by atoms with E-state index in [1.54, 1.807) is 0 Å². The van der Waals surface area contributed by atoms with Gasteiger partial charge in [-0.1, -0.05) is 48.5 Å². The quantitative estimate of drug-likeness (QED) is 0.351. The number of piperidine rings is 1. The van der Waals surface area contributed by atoms with Crippen molar-refractivity contribution in [2.24, 2.45) is 5.92 Å². The van der Waals surface area contributed by atoms with Crippen LogP contribution in [0.15, 0.2) is 54.8 Å². The first-order chi connectivity index (χ1) is 14.6. The lowest BCUT2D eigenvalue weighted by Crippen LogP contribution is -2.40. The average Bonchev–Trinajstić information content (AvgIpc) is 2.76. The summed E-state index contributed by atoms with van der Waals surface area (Å²) < 4.78 is 11.2. The second-order valence-corrected chi connectivity index (χ2v) is 7.92. The smallest absolute Gasteiger partial charge is 0.310 e. The molecule has 0 N–H and O–H groups in total. The molecule has 3 rings (SSSR count). The van der Waals surface area contributed by atoms with Crippen molar-refractivity contribution >= 4 is 11.5 Å². The third kappa shape index (κ3) is 5.73. The van der Waals surface area contributed by atoms with Gasteiger partial charge < -0.3 is 9.47 Å². The van der Waals surface area contributed by atoms with E-state index >= 15 is 0 Å². The molecule has 0 bridgehead atoms. The van der Waals surface area contributed by atoms with Crippen LogP contribution in [-0.4, -0.2) is 43.7 Å². The van der Waals surface area contributed by atoms with Crippen molar-refractivity contribution in [3.05, 3.63) is 77.0 Å². The van der Waals surface area contributed by atoms with Crippen LogP contribution in [0.2, 0.25) is 0 Å². The first kappa shape index (κ1) is 22.1. The minimum Gasteiger partial charge on any atom is -0.499 e. The van der Waals surface area contributed by atoms with Crippen molar-refractivity contribution in [2.45, 2.75) is 33.6 Å². The lowest BCUT2D eigenvalue weighted by atomic mass is 9.93. The van der Waals surface area contributed by atoms with Crippen LogP contribution < -0.4 is 0 Å². The summed E-state index contributed by atoms with van der Waals surface area (Å²) in [6, 6.07) is 16.8. The maximum absolute atomic E-state index is 12.1. The molecule has 0 aliphatic carbocycles. The molecular formula is C26H33NO3. The van der Waals surface area contributed by atoms with E-state index < -0.39 is 0 Å². The Bertz CT molecular complexity index is 827. The molecule has 4 heteroatoms. The summed E-state index contributed by atoms with van der Waals surface area (Å²) in [6.07, 6.45) is 3.84. The molecule has 1 saturated heterocycles. The molecule has 1 atom stereocenters. The van der Waals surface area contributed by atoms with Crippen molar-refractivity contribution < 1.29 is 14.3 Å². The van der Waals surface area contributed by atoms with Gasteiger partial charge in [-0.05, 0) is 62.4 Å². The summed E-state index contributed by atoms with van der Waals surface area (Å²) in [4.78, 5) is 14.4. The van der Waals surface area contributed by atoms with Crippen LogP contribution in [-0.2, 0) is 14.3 Å². The number of esters is 1. The first-order valence-electron chi connectivity index (χ1n) is 10.9. The Labute approximate surface area is 180 Å². The van der Waals surface area contributed by atoms with Crippen LogP contribution in [0.3, 0.4) is 0 Å². The Morgan fingerprint density at radius 3 is 2.30 bits per heavy atom. The topological polar surface area (TPSA) is 38.8 Å². The van der Waals surface area contributed by atoms with Gasteiger partial charge in [0.1, 0.15) is 6.61 Å². The standard InChI is InChI=1S/C26H33NO3/c1-4-30-26(28)22-12-9-15-27(18-22)16-17-29-19-25(23-13-7-5-10-20(23)2)24-14-8-6-11-21(24)3/h5-8,10-11,13-14,19,22H,4,9,12,15-18H2,1-3H3/t22-/m1/s1. The number of hydrogen-bond acceptors (Lipinski definition) is 4. The van der Waals surface area contributed by atoms with Crippen LogP contribution in [0, 0.1) is 19.8 Å². The summed E-state index contributed by atoms with van der Waals surface area (Å²) in [7, 11) is 0. The highest BCUT2D eigenvalue weighted by Gasteiger charge is 2.26. The normalized spacial score (nSPS) is 16.7. The summed E-state index contributed by atoms with van der Waals surface area (Å²) >= 11 is 0. The van der Waals surface area contributed by atoms with E-state index in [2.05, 4.69) is 67.3 Å². The zero-order valence-electron chi connectivity index (χ0n) is 18.4. The molecule has 2 aromatic carbocycles. The summed E-state index contributed by atoms with van der Waals surface area (Å²) in [5, 5.41) is 0. The Kier molecular flexibility index (Phi) is 8.09. The molecule has 0 aromatic heterocycles. The fraction of sp³-hybridized carbons (Fsp3) is 0.423. The number of likely N-dealkylation sites (tertiary alicyclic amines) is 1. The van der Waals surface area contributed by atoms with Gasteiger partial charge in [-0.2, -0.15) is 0 Å². The lowest BCUT2D eigenvalue weighted by Gasteiger charge is -2.31. The zero-order chi connectivity index (χ0) is 21.3. The molecule has 1 heterocycles. The van der Waals surface area contributed by atoms with Crippen LogP contribution in [0.4, 0.5) is 0 Å². The summed E-state index contributed by atoms with van der Waals surface area (Å²) in [5.74, 6) is -0.0758. The minimum absolute atomic E-state index is 0.0104. The molecule has 0 amide bonds. The van der Waals surface area contributed by atoms with Crippen molar-refractivity contribution in [3.8, 4) is 0 Å². The summed E-state index contributed by atoms with van der Waals surface area (Å²) in [6.45, 7) is 9.73. The number of rotatable bonds is 8. The highest BCUT2D eigenvalue weighted by Crippen LogP contribution is 2.28. The fourth-order valence-electron chi connectivity index (χ4n) is 4.06. The molecule has 160 valence electrons. The van der Waals surface area contributed by atoms with E-state index in [0.29, 0.717) is 13.2 Å². The number of benzene rings is 2. The number of ether oxygens (including phenoxy) is 2. The first-order valence-corrected chi connectivity index (χ1v) is 10.9. The van der Waals surface area contributed by atoms with Crippen molar-refractivity contribution in [2.75, 3.05) is 32.8 Å². The molecule has 1 fully saturated rings. The van der Waals surface area contributed by atoms with Gasteiger partial charge in [0.05, 0.1) is 18.8 Å². The zero-order valence-corrected chi connectivity index (χ0v) is 18.4. The number of carbonyl (C=O) groups is 1. The fourth-order valence-corrected chi connectivity index (χ4v) is 4.06. The van der Waals surface area contributed by atoms with Crippen LogP contribution in [0.25, 0.3) is 5.57 Å². The lowest BCUT2D eigenvalue weighted by molar-refractivity contribution is -0.150. The van der Waals surface area contributed by atoms with E-state index in [-0.39, 0.29) is 11.9 Å². The van der Waals surface area contributed by atoms with Crippen LogP contribution >= 0.6 is 0 Å². The third-order valence-corrected chi connectivity index (χ3v) is 5.72. The molecule has 0 spiro atoms. The second kappa shape index (κ2) is 11.0. The van der Waals surface area contributed by atoms with E-state index in [4.69, 9.17) is 9.47 Å². The second-order valence-electron chi connectivity index (χ2n) is 7.92. The van der Waals surface area contributed by atoms with Gasteiger partial charge in [-0.3, -0.25) is 9.69 Å². The van der Waals surface area contributed by atoms with Gasteiger partial charge >= 0.3 is 5.97 Å². The molecule has 4 nitrogen and oxygen atoms in total. The van der Waals surface area contributed by atoms with Crippen LogP contribution in [0.1, 0.15) is 42.0 Å². The molecule has 1 aliphatic heterocycles. The predicted molar refractivity (Wildman–Crippen MR) is 121 cm³/mol. The molecular weight excluding hydrogens is 374 g/mol. The highest BCUT2D eigenvalue weighted by atomic mass is 16.5. The molecule has 2 aromatic rings. The van der Waals surface area contributed by atoms with Crippen molar-refractivity contribution in [1.29, 1.82) is 0 Å². The van der Waals surface area contributed by atoms with E-state index in [1.165, 1.54) is 22.3 Å². The molecule has 30 heavy (non-hydrogen) atoms. The van der Waals surface area contributed by atoms with Gasteiger partial charge in [0, 0.05) is 18.7 Å². The molecule has 0 radical (unpaired) electrons. The largest absolute Gasteiger partial charge is 0.499 e. The van der Waals surface area contributed by atoms with E-state index in [9.17, 15) is 4.79 Å². The minimum atomic E-state index is -0.0654. The SMILES string of the molecule is CCOC(=O)[C@@H]1CCCN(CCOC=C(c2ccccc2C)c2ccccc2C)C1. The summed E-state index contributed by atoms with van der Waals surface area (Å²) in [5.41, 5.74) is 5.93. The molecule has 0 saturated carbocycles. The van der Waals surface area contributed by atoms with Gasteiger partial charge in [-0.25, -0.2) is 0 Å². The number of nitrogens with zero attached hydrogens (tertiary/aromatic N) is 1. The van der Waals surface area contributed by atoms with Gasteiger partial charge in [0.2, 0.25) is 0 Å². The monoisotopic (exact) mass is 407 g/mol. The maximum Gasteiger partial charge on any atom is 0.310 e. The number of carbonyl (C=O) groups excluding carboxylic acids is 1. The highest BCUT2D eigenvalue weighted by molar-refractivity contribution is 5.82. The number of hydrogen-bond donors (Lipinski definition) is 0. The Hall–Kier alpha value is -2.59. The van der Waals surface area contributed by atoms with Gasteiger partial charge in [0.25, 0.3) is 0 Å². The molecule has 0 unspecified atom stereocenters.